The van der Waals surface area contributed by atoms with Gasteiger partial charge in [-0.25, -0.2) is 0 Å². The van der Waals surface area contributed by atoms with Crippen LogP contribution in [0.3, 0.4) is 0 Å². The molecular weight excluding hydrogens is 240 g/mol. The lowest BCUT2D eigenvalue weighted by Gasteiger charge is -2.43. The van der Waals surface area contributed by atoms with Crippen molar-refractivity contribution < 1.29 is 14.3 Å². The molecule has 0 aliphatic heterocycles. The van der Waals surface area contributed by atoms with E-state index in [1.165, 1.54) is 0 Å². The highest BCUT2D eigenvalue weighted by Crippen LogP contribution is 2.50. The highest BCUT2D eigenvalue weighted by atomic mass is 16.5. The minimum atomic E-state index is -0.469. The average molecular weight is 258 g/mol. The second-order valence-electron chi connectivity index (χ2n) is 5.60. The molecule has 2 bridgehead atoms. The highest BCUT2D eigenvalue weighted by Gasteiger charge is 2.50. The first-order valence-corrected chi connectivity index (χ1v) is 6.94. The first kappa shape index (κ1) is 12.4. The van der Waals surface area contributed by atoms with Crippen LogP contribution in [0.15, 0.2) is 24.3 Å². The molecule has 2 aliphatic carbocycles. The van der Waals surface area contributed by atoms with E-state index in [0.717, 1.165) is 11.1 Å². The quantitative estimate of drug-likeness (QED) is 0.766. The first-order chi connectivity index (χ1) is 9.16. The molecule has 3 nitrogen and oxygen atoms in total. The van der Waals surface area contributed by atoms with E-state index >= 15 is 0 Å². The van der Waals surface area contributed by atoms with Gasteiger partial charge >= 0.3 is 5.97 Å². The van der Waals surface area contributed by atoms with Gasteiger partial charge < -0.3 is 4.74 Å². The summed E-state index contributed by atoms with van der Waals surface area (Å²) in [4.78, 5) is 24.5. The van der Waals surface area contributed by atoms with Gasteiger partial charge in [-0.05, 0) is 37.3 Å². The molecule has 0 heterocycles. The minimum Gasteiger partial charge on any atom is -0.466 e. The normalized spacial score (nSPS) is 28.7. The van der Waals surface area contributed by atoms with Gasteiger partial charge in [-0.2, -0.15) is 0 Å². The molecule has 1 saturated carbocycles. The van der Waals surface area contributed by atoms with E-state index in [0.29, 0.717) is 32.3 Å². The molecule has 1 aromatic rings. The number of Topliss-reactive ketones (excluding diaryl/α,β-unsaturated/α-hetero) is 1. The Balaban J connectivity index is 2.03. The number of fused-ring (bicyclic) bond motifs is 4. The van der Waals surface area contributed by atoms with Crippen molar-refractivity contribution in [2.75, 3.05) is 6.61 Å². The van der Waals surface area contributed by atoms with E-state index in [1.807, 2.05) is 31.2 Å². The smallest absolute Gasteiger partial charge is 0.312 e. The molecule has 3 rings (SSSR count). The fraction of sp³-hybridized carbons (Fsp3) is 0.500. The third-order valence-electron chi connectivity index (χ3n) is 4.50. The zero-order valence-corrected chi connectivity index (χ0v) is 11.1. The Morgan fingerprint density at radius 2 is 2.21 bits per heavy atom. The lowest BCUT2D eigenvalue weighted by atomic mass is 9.59. The molecule has 1 fully saturated rings. The molecule has 0 saturated heterocycles. The van der Waals surface area contributed by atoms with Crippen molar-refractivity contribution in [1.82, 2.24) is 0 Å². The van der Waals surface area contributed by atoms with Crippen molar-refractivity contribution >= 4 is 11.8 Å². The van der Waals surface area contributed by atoms with Crippen LogP contribution in [-0.4, -0.2) is 18.4 Å². The van der Waals surface area contributed by atoms with Crippen LogP contribution in [0.4, 0.5) is 0 Å². The Hall–Kier alpha value is -1.64. The fourth-order valence-corrected chi connectivity index (χ4v) is 3.53. The van der Waals surface area contributed by atoms with Crippen molar-refractivity contribution in [3.05, 3.63) is 35.4 Å². The van der Waals surface area contributed by atoms with Gasteiger partial charge in [-0.15, -0.1) is 0 Å². The first-order valence-electron chi connectivity index (χ1n) is 6.94. The summed E-state index contributed by atoms with van der Waals surface area (Å²) in [5.74, 6) is 0.0391. The number of rotatable bonds is 2. The van der Waals surface area contributed by atoms with Gasteiger partial charge in [0, 0.05) is 12.3 Å². The number of hydrogen-bond donors (Lipinski definition) is 0. The third-order valence-corrected chi connectivity index (χ3v) is 4.50. The Labute approximate surface area is 113 Å². The van der Waals surface area contributed by atoms with E-state index in [-0.39, 0.29) is 17.7 Å². The van der Waals surface area contributed by atoms with Gasteiger partial charge in [0.15, 0.2) is 0 Å². The molecule has 1 unspecified atom stereocenters. The number of ether oxygens (including phenoxy) is 1. The molecule has 0 spiro atoms. The largest absolute Gasteiger partial charge is 0.466 e. The summed E-state index contributed by atoms with van der Waals surface area (Å²) >= 11 is 0. The molecule has 0 aromatic heterocycles. The summed E-state index contributed by atoms with van der Waals surface area (Å²) in [7, 11) is 0. The van der Waals surface area contributed by atoms with E-state index < -0.39 is 5.41 Å². The van der Waals surface area contributed by atoms with Crippen LogP contribution in [0.2, 0.25) is 0 Å². The molecule has 19 heavy (non-hydrogen) atoms. The fourth-order valence-electron chi connectivity index (χ4n) is 3.53. The molecule has 100 valence electrons. The number of carbonyl (C=O) groups is 2. The second-order valence-corrected chi connectivity index (χ2v) is 5.60. The summed E-state index contributed by atoms with van der Waals surface area (Å²) in [5.41, 5.74) is 1.79. The predicted molar refractivity (Wildman–Crippen MR) is 70.8 cm³/mol. The molecule has 0 radical (unpaired) electrons. The van der Waals surface area contributed by atoms with Crippen LogP contribution in [0.1, 0.15) is 43.2 Å². The summed E-state index contributed by atoms with van der Waals surface area (Å²) < 4.78 is 5.26. The Morgan fingerprint density at radius 3 is 3.00 bits per heavy atom. The Morgan fingerprint density at radius 1 is 1.42 bits per heavy atom. The van der Waals surface area contributed by atoms with E-state index in [4.69, 9.17) is 4.74 Å². The maximum absolute atomic E-state index is 12.3. The third kappa shape index (κ3) is 1.88. The van der Waals surface area contributed by atoms with Crippen molar-refractivity contribution in [3.8, 4) is 0 Å². The number of esters is 1. The monoisotopic (exact) mass is 258 g/mol. The number of ketones is 1. The number of carbonyl (C=O) groups excluding carboxylic acids is 2. The standard InChI is InChI=1S/C16H18O3/c1-2-19-15(18)16-8-7-14(17)13(10-16)12-6-4-3-5-11(12)9-16/h3-6,13H,2,7-10H2,1H3/t13?,16-/m1/s1. The van der Waals surface area contributed by atoms with Crippen LogP contribution in [0.5, 0.6) is 0 Å². The molecule has 0 amide bonds. The SMILES string of the molecule is CCOC(=O)[C@@]12CCC(=O)C(C1)c1ccccc1C2. The maximum Gasteiger partial charge on any atom is 0.312 e. The topological polar surface area (TPSA) is 43.4 Å². The zero-order chi connectivity index (χ0) is 13.5. The van der Waals surface area contributed by atoms with Crippen molar-refractivity contribution in [3.63, 3.8) is 0 Å². The lowest BCUT2D eigenvalue weighted by molar-refractivity contribution is -0.159. The lowest BCUT2D eigenvalue weighted by Crippen LogP contribution is -2.45. The van der Waals surface area contributed by atoms with Crippen molar-refractivity contribution in [1.29, 1.82) is 0 Å². The highest BCUT2D eigenvalue weighted by molar-refractivity contribution is 5.91. The number of hydrogen-bond acceptors (Lipinski definition) is 3. The average Bonchev–Trinajstić information content (AvgIpc) is 2.43. The van der Waals surface area contributed by atoms with Crippen LogP contribution < -0.4 is 0 Å². The second kappa shape index (κ2) is 4.48. The summed E-state index contributed by atoms with van der Waals surface area (Å²) in [6, 6.07) is 8.01. The van der Waals surface area contributed by atoms with Crippen LogP contribution in [0.25, 0.3) is 0 Å². The Kier molecular flexibility index (Phi) is 2.92. The van der Waals surface area contributed by atoms with E-state index in [9.17, 15) is 9.59 Å². The summed E-state index contributed by atoms with van der Waals surface area (Å²) in [5, 5.41) is 0. The van der Waals surface area contributed by atoms with Gasteiger partial charge in [0.25, 0.3) is 0 Å². The summed E-state index contributed by atoms with van der Waals surface area (Å²) in [6.07, 6.45) is 2.47. The molecule has 3 heteroatoms. The van der Waals surface area contributed by atoms with Crippen molar-refractivity contribution in [2.24, 2.45) is 5.41 Å². The maximum atomic E-state index is 12.3. The van der Waals surface area contributed by atoms with E-state index in [2.05, 4.69) is 0 Å². The Bertz CT molecular complexity index is 535. The predicted octanol–water partition coefficient (Wildman–Crippen LogP) is 2.63. The van der Waals surface area contributed by atoms with E-state index in [1.54, 1.807) is 0 Å². The molecule has 0 N–H and O–H groups in total. The van der Waals surface area contributed by atoms with Crippen LogP contribution in [-0.2, 0) is 20.7 Å². The number of benzene rings is 1. The van der Waals surface area contributed by atoms with Gasteiger partial charge in [-0.1, -0.05) is 24.3 Å². The van der Waals surface area contributed by atoms with Gasteiger partial charge in [-0.3, -0.25) is 9.59 Å². The van der Waals surface area contributed by atoms with Crippen molar-refractivity contribution in [2.45, 2.75) is 38.5 Å². The molecule has 1 aromatic carbocycles. The minimum absolute atomic E-state index is 0.108. The van der Waals surface area contributed by atoms with Gasteiger partial charge in [0.1, 0.15) is 5.78 Å². The summed E-state index contributed by atoms with van der Waals surface area (Å²) in [6.45, 7) is 2.23. The van der Waals surface area contributed by atoms with Gasteiger partial charge in [0.2, 0.25) is 0 Å². The molecule has 2 atom stereocenters. The van der Waals surface area contributed by atoms with Crippen LogP contribution >= 0.6 is 0 Å². The zero-order valence-electron chi connectivity index (χ0n) is 11.1. The van der Waals surface area contributed by atoms with Crippen LogP contribution in [0, 0.1) is 5.41 Å². The van der Waals surface area contributed by atoms with Gasteiger partial charge in [0.05, 0.1) is 12.0 Å². The molecular formula is C16H18O3. The molecule has 2 aliphatic rings.